The van der Waals surface area contributed by atoms with E-state index in [2.05, 4.69) is 11.8 Å². The van der Waals surface area contributed by atoms with E-state index >= 15 is 0 Å². The van der Waals surface area contributed by atoms with Gasteiger partial charge in [0, 0.05) is 5.56 Å². The Kier molecular flexibility index (Phi) is 4.54. The van der Waals surface area contributed by atoms with Crippen LogP contribution >= 0.6 is 0 Å². The summed E-state index contributed by atoms with van der Waals surface area (Å²) in [6, 6.07) is 7.90. The Morgan fingerprint density at radius 2 is 1.83 bits per heavy atom. The largest absolute Gasteiger partial charge is 0.296 e. The van der Waals surface area contributed by atoms with Crippen molar-refractivity contribution >= 4 is 5.78 Å². The monoisotopic (exact) mass is 245 g/mol. The number of hydrogen-bond acceptors (Lipinski definition) is 2. The number of ketones is 1. The van der Waals surface area contributed by atoms with Crippen molar-refractivity contribution < 1.29 is 4.79 Å². The fourth-order valence-electron chi connectivity index (χ4n) is 2.59. The van der Waals surface area contributed by atoms with Gasteiger partial charge in [-0.15, -0.1) is 0 Å². The molecule has 0 amide bonds. The first-order valence-corrected chi connectivity index (χ1v) is 7.01. The number of carbonyl (C=O) groups is 1. The van der Waals surface area contributed by atoms with Gasteiger partial charge in [0.2, 0.25) is 0 Å². The fraction of sp³-hybridized carbons (Fsp3) is 0.562. The van der Waals surface area contributed by atoms with Crippen molar-refractivity contribution in [3.8, 4) is 0 Å². The topological polar surface area (TPSA) is 20.3 Å². The third-order valence-corrected chi connectivity index (χ3v) is 4.03. The molecule has 1 aromatic rings. The molecule has 0 bridgehead atoms. The number of nitrogens with zero attached hydrogens (tertiary/aromatic N) is 1. The lowest BCUT2D eigenvalue weighted by Gasteiger charge is -2.30. The predicted molar refractivity (Wildman–Crippen MR) is 75.0 cm³/mol. The van der Waals surface area contributed by atoms with E-state index in [9.17, 15) is 4.79 Å². The molecule has 1 saturated heterocycles. The van der Waals surface area contributed by atoms with E-state index in [-0.39, 0.29) is 5.78 Å². The molecule has 0 N–H and O–H groups in total. The van der Waals surface area contributed by atoms with E-state index < -0.39 is 0 Å². The zero-order chi connectivity index (χ0) is 13.0. The standard InChI is InChI=1S/C16H23NO/c1-3-14-8-10-17(11-9-14)12-16(18)15-6-4-13(2)5-7-15/h4-7,14H,3,8-12H2,1-2H3. The van der Waals surface area contributed by atoms with Crippen LogP contribution < -0.4 is 0 Å². The lowest BCUT2D eigenvalue weighted by Crippen LogP contribution is -2.37. The summed E-state index contributed by atoms with van der Waals surface area (Å²) in [5, 5.41) is 0. The van der Waals surface area contributed by atoms with Crippen molar-refractivity contribution in [3.63, 3.8) is 0 Å². The number of rotatable bonds is 4. The lowest BCUT2D eigenvalue weighted by atomic mass is 9.94. The quantitative estimate of drug-likeness (QED) is 0.759. The van der Waals surface area contributed by atoms with Crippen LogP contribution in [0.3, 0.4) is 0 Å². The number of likely N-dealkylation sites (tertiary alicyclic amines) is 1. The van der Waals surface area contributed by atoms with Crippen LogP contribution in [0.2, 0.25) is 0 Å². The second-order valence-electron chi connectivity index (χ2n) is 5.42. The van der Waals surface area contributed by atoms with Gasteiger partial charge in [-0.2, -0.15) is 0 Å². The van der Waals surface area contributed by atoms with Crippen LogP contribution in [0.5, 0.6) is 0 Å². The maximum atomic E-state index is 12.1. The molecule has 2 rings (SSSR count). The first-order chi connectivity index (χ1) is 8.69. The molecule has 98 valence electrons. The first-order valence-electron chi connectivity index (χ1n) is 7.01. The van der Waals surface area contributed by atoms with Crippen LogP contribution in [0.15, 0.2) is 24.3 Å². The lowest BCUT2D eigenvalue weighted by molar-refractivity contribution is 0.0894. The molecule has 0 aliphatic carbocycles. The van der Waals surface area contributed by atoms with Crippen LogP contribution in [0.25, 0.3) is 0 Å². The van der Waals surface area contributed by atoms with Crippen LogP contribution in [0.1, 0.15) is 42.1 Å². The van der Waals surface area contributed by atoms with Crippen molar-refractivity contribution in [2.24, 2.45) is 5.92 Å². The van der Waals surface area contributed by atoms with Gasteiger partial charge in [0.05, 0.1) is 6.54 Å². The van der Waals surface area contributed by atoms with Gasteiger partial charge in [-0.1, -0.05) is 43.2 Å². The molecule has 0 aromatic heterocycles. The van der Waals surface area contributed by atoms with Crippen molar-refractivity contribution in [2.45, 2.75) is 33.1 Å². The van der Waals surface area contributed by atoms with Crippen molar-refractivity contribution in [1.82, 2.24) is 4.90 Å². The van der Waals surface area contributed by atoms with Crippen LogP contribution in [0.4, 0.5) is 0 Å². The molecule has 0 unspecified atom stereocenters. The summed E-state index contributed by atoms with van der Waals surface area (Å²) >= 11 is 0. The Morgan fingerprint density at radius 3 is 2.39 bits per heavy atom. The molecule has 2 heteroatoms. The molecular formula is C16H23NO. The van der Waals surface area contributed by atoms with E-state index in [1.165, 1.54) is 24.8 Å². The number of benzene rings is 1. The fourth-order valence-corrected chi connectivity index (χ4v) is 2.59. The molecule has 0 spiro atoms. The molecule has 1 aliphatic heterocycles. The highest BCUT2D eigenvalue weighted by atomic mass is 16.1. The Morgan fingerprint density at radius 1 is 1.22 bits per heavy atom. The normalized spacial score (nSPS) is 17.9. The van der Waals surface area contributed by atoms with Crippen LogP contribution in [-0.2, 0) is 0 Å². The highest BCUT2D eigenvalue weighted by Gasteiger charge is 2.19. The van der Waals surface area contributed by atoms with Crippen molar-refractivity contribution in [3.05, 3.63) is 35.4 Å². The Bertz CT molecular complexity index is 388. The Balaban J connectivity index is 1.86. The zero-order valence-corrected chi connectivity index (χ0v) is 11.5. The van der Waals surface area contributed by atoms with Crippen LogP contribution in [0, 0.1) is 12.8 Å². The summed E-state index contributed by atoms with van der Waals surface area (Å²) in [4.78, 5) is 14.4. The second kappa shape index (κ2) is 6.14. The van der Waals surface area contributed by atoms with E-state index in [4.69, 9.17) is 0 Å². The van der Waals surface area contributed by atoms with Gasteiger partial charge in [0.15, 0.2) is 5.78 Å². The van der Waals surface area contributed by atoms with Gasteiger partial charge in [-0.3, -0.25) is 9.69 Å². The van der Waals surface area contributed by atoms with Gasteiger partial charge >= 0.3 is 0 Å². The smallest absolute Gasteiger partial charge is 0.176 e. The van der Waals surface area contributed by atoms with Gasteiger partial charge in [0.1, 0.15) is 0 Å². The number of aryl methyl sites for hydroxylation is 1. The minimum Gasteiger partial charge on any atom is -0.296 e. The third kappa shape index (κ3) is 3.42. The molecule has 1 aromatic carbocycles. The van der Waals surface area contributed by atoms with E-state index in [0.29, 0.717) is 6.54 Å². The highest BCUT2D eigenvalue weighted by Crippen LogP contribution is 2.20. The highest BCUT2D eigenvalue weighted by molar-refractivity contribution is 5.97. The molecule has 2 nitrogen and oxygen atoms in total. The van der Waals surface area contributed by atoms with Crippen molar-refractivity contribution in [2.75, 3.05) is 19.6 Å². The van der Waals surface area contributed by atoms with Gasteiger partial charge in [-0.05, 0) is 38.8 Å². The summed E-state index contributed by atoms with van der Waals surface area (Å²) < 4.78 is 0. The summed E-state index contributed by atoms with van der Waals surface area (Å²) in [5.74, 6) is 1.13. The minimum absolute atomic E-state index is 0.255. The first kappa shape index (κ1) is 13.3. The molecule has 1 aliphatic rings. The number of Topliss-reactive ketones (excluding diaryl/α,β-unsaturated/α-hetero) is 1. The molecule has 0 atom stereocenters. The molecule has 1 fully saturated rings. The van der Waals surface area contributed by atoms with Gasteiger partial charge in [0.25, 0.3) is 0 Å². The summed E-state index contributed by atoms with van der Waals surface area (Å²) in [7, 11) is 0. The maximum Gasteiger partial charge on any atom is 0.176 e. The van der Waals surface area contributed by atoms with Gasteiger partial charge in [-0.25, -0.2) is 0 Å². The van der Waals surface area contributed by atoms with Gasteiger partial charge < -0.3 is 0 Å². The number of hydrogen-bond donors (Lipinski definition) is 0. The second-order valence-corrected chi connectivity index (χ2v) is 5.42. The molecule has 0 radical (unpaired) electrons. The SMILES string of the molecule is CCC1CCN(CC(=O)c2ccc(C)cc2)CC1. The Hall–Kier alpha value is -1.15. The number of piperidine rings is 1. The summed E-state index contributed by atoms with van der Waals surface area (Å²) in [6.45, 7) is 7.05. The minimum atomic E-state index is 0.255. The Labute approximate surface area is 110 Å². The maximum absolute atomic E-state index is 12.1. The van der Waals surface area contributed by atoms with E-state index in [1.807, 2.05) is 31.2 Å². The third-order valence-electron chi connectivity index (χ3n) is 4.03. The average molecular weight is 245 g/mol. The summed E-state index contributed by atoms with van der Waals surface area (Å²) in [5.41, 5.74) is 2.05. The van der Waals surface area contributed by atoms with Crippen LogP contribution in [-0.4, -0.2) is 30.3 Å². The van der Waals surface area contributed by atoms with E-state index in [0.717, 1.165) is 24.6 Å². The molecule has 0 saturated carbocycles. The molecular weight excluding hydrogens is 222 g/mol. The summed E-state index contributed by atoms with van der Waals surface area (Å²) in [6.07, 6.45) is 3.77. The van der Waals surface area contributed by atoms with E-state index in [1.54, 1.807) is 0 Å². The number of carbonyl (C=O) groups excluding carboxylic acids is 1. The van der Waals surface area contributed by atoms with Crippen molar-refractivity contribution in [1.29, 1.82) is 0 Å². The zero-order valence-electron chi connectivity index (χ0n) is 11.5. The molecule has 18 heavy (non-hydrogen) atoms. The average Bonchev–Trinajstić information content (AvgIpc) is 2.40. The predicted octanol–water partition coefficient (Wildman–Crippen LogP) is 3.30. The molecule has 1 heterocycles.